The number of hydrogen-bond acceptors (Lipinski definition) is 5. The average molecular weight is 335 g/mol. The van der Waals surface area contributed by atoms with Crippen molar-refractivity contribution in [3.63, 3.8) is 0 Å². The zero-order chi connectivity index (χ0) is 17.6. The molecule has 25 heavy (non-hydrogen) atoms. The number of nitrogens with zero attached hydrogens (tertiary/aromatic N) is 4. The summed E-state index contributed by atoms with van der Waals surface area (Å²) in [6, 6.07) is 9.59. The predicted octanol–water partition coefficient (Wildman–Crippen LogP) is 1.58. The van der Waals surface area contributed by atoms with Crippen LogP contribution in [0.2, 0.25) is 0 Å². The summed E-state index contributed by atoms with van der Waals surface area (Å²) in [6.45, 7) is 1.98. The topological polar surface area (TPSA) is 89.8 Å². The first kappa shape index (κ1) is 16.5. The minimum absolute atomic E-state index is 0.290. The molecule has 1 unspecified atom stereocenters. The first-order chi connectivity index (χ1) is 12.1. The Bertz CT molecular complexity index is 910. The number of carbonyl (C=O) groups excluding carboxylic acids is 1. The van der Waals surface area contributed by atoms with E-state index < -0.39 is 6.04 Å². The summed E-state index contributed by atoms with van der Waals surface area (Å²) in [5.74, 6) is -0.290. The molecular weight excluding hydrogens is 318 g/mol. The molecule has 0 bridgehead atoms. The van der Waals surface area contributed by atoms with Crippen LogP contribution in [-0.2, 0) is 11.3 Å². The van der Waals surface area contributed by atoms with Gasteiger partial charge in [-0.1, -0.05) is 6.07 Å². The second-order valence-electron chi connectivity index (χ2n) is 5.50. The standard InChI is InChI=1S/C18H17N5O2/c1-13(18(25)21-11-14-4-2-8-19-10-14)23-17(24)7-6-16(22-23)15-5-3-9-20-12-15/h2-10,12-13H,11H2,1H3,(H,21,25). The Labute approximate surface area is 144 Å². The third-order valence-corrected chi connectivity index (χ3v) is 3.72. The summed E-state index contributed by atoms with van der Waals surface area (Å²) < 4.78 is 1.18. The molecule has 0 aliphatic heterocycles. The third-order valence-electron chi connectivity index (χ3n) is 3.72. The lowest BCUT2D eigenvalue weighted by atomic mass is 10.2. The largest absolute Gasteiger partial charge is 0.350 e. The van der Waals surface area contributed by atoms with E-state index in [1.54, 1.807) is 49.9 Å². The van der Waals surface area contributed by atoms with E-state index in [1.807, 2.05) is 12.1 Å². The molecule has 0 spiro atoms. The second-order valence-corrected chi connectivity index (χ2v) is 5.50. The molecule has 1 atom stereocenters. The van der Waals surface area contributed by atoms with Crippen LogP contribution in [0.4, 0.5) is 0 Å². The van der Waals surface area contributed by atoms with E-state index >= 15 is 0 Å². The van der Waals surface area contributed by atoms with Crippen LogP contribution in [0.1, 0.15) is 18.5 Å². The van der Waals surface area contributed by atoms with Gasteiger partial charge in [0.1, 0.15) is 6.04 Å². The van der Waals surface area contributed by atoms with Crippen molar-refractivity contribution in [3.8, 4) is 11.3 Å². The zero-order valence-electron chi connectivity index (χ0n) is 13.7. The molecule has 0 saturated heterocycles. The number of rotatable bonds is 5. The number of aromatic nitrogens is 4. The van der Waals surface area contributed by atoms with Crippen LogP contribution in [0.25, 0.3) is 11.3 Å². The molecule has 3 heterocycles. The second kappa shape index (κ2) is 7.48. The van der Waals surface area contributed by atoms with Crippen molar-refractivity contribution in [2.45, 2.75) is 19.5 Å². The number of hydrogen-bond donors (Lipinski definition) is 1. The van der Waals surface area contributed by atoms with Crippen molar-refractivity contribution in [2.75, 3.05) is 0 Å². The van der Waals surface area contributed by atoms with E-state index in [0.29, 0.717) is 12.2 Å². The normalized spacial score (nSPS) is 11.7. The van der Waals surface area contributed by atoms with Crippen molar-refractivity contribution in [2.24, 2.45) is 0 Å². The van der Waals surface area contributed by atoms with Crippen LogP contribution in [0, 0.1) is 0 Å². The molecule has 0 aliphatic carbocycles. The number of pyridine rings is 2. The lowest BCUT2D eigenvalue weighted by Crippen LogP contribution is -2.36. The molecule has 7 nitrogen and oxygen atoms in total. The molecule has 3 rings (SSSR count). The van der Waals surface area contributed by atoms with Gasteiger partial charge in [0, 0.05) is 43.0 Å². The van der Waals surface area contributed by atoms with E-state index in [-0.39, 0.29) is 11.5 Å². The molecule has 0 aliphatic rings. The van der Waals surface area contributed by atoms with Gasteiger partial charge in [0.15, 0.2) is 0 Å². The van der Waals surface area contributed by atoms with Gasteiger partial charge in [-0.25, -0.2) is 4.68 Å². The van der Waals surface area contributed by atoms with E-state index in [1.165, 1.54) is 10.7 Å². The van der Waals surface area contributed by atoms with E-state index in [9.17, 15) is 9.59 Å². The third kappa shape index (κ3) is 3.95. The molecule has 0 radical (unpaired) electrons. The highest BCUT2D eigenvalue weighted by Crippen LogP contribution is 2.14. The summed E-state index contributed by atoms with van der Waals surface area (Å²) in [5, 5.41) is 7.10. The maximum absolute atomic E-state index is 12.4. The molecule has 0 saturated carbocycles. The lowest BCUT2D eigenvalue weighted by Gasteiger charge is -2.15. The van der Waals surface area contributed by atoms with E-state index in [4.69, 9.17) is 0 Å². The Morgan fingerprint density at radius 1 is 1.12 bits per heavy atom. The van der Waals surface area contributed by atoms with Crippen LogP contribution in [0.15, 0.2) is 66.0 Å². The smallest absolute Gasteiger partial charge is 0.267 e. The number of nitrogens with one attached hydrogen (secondary N) is 1. The Balaban J connectivity index is 1.78. The Morgan fingerprint density at radius 2 is 1.88 bits per heavy atom. The van der Waals surface area contributed by atoms with Crippen LogP contribution >= 0.6 is 0 Å². The van der Waals surface area contributed by atoms with Gasteiger partial charge in [-0.2, -0.15) is 5.10 Å². The Morgan fingerprint density at radius 3 is 2.56 bits per heavy atom. The molecule has 1 amide bonds. The van der Waals surface area contributed by atoms with Crippen molar-refractivity contribution in [1.82, 2.24) is 25.1 Å². The van der Waals surface area contributed by atoms with Crippen LogP contribution in [0.3, 0.4) is 0 Å². The molecule has 0 fully saturated rings. The molecule has 0 aromatic carbocycles. The Kier molecular flexibility index (Phi) is 4.94. The molecular formula is C18H17N5O2. The molecule has 7 heteroatoms. The highest BCUT2D eigenvalue weighted by atomic mass is 16.2. The molecule has 3 aromatic rings. The highest BCUT2D eigenvalue weighted by molar-refractivity contribution is 5.79. The van der Waals surface area contributed by atoms with Gasteiger partial charge < -0.3 is 5.32 Å². The summed E-state index contributed by atoms with van der Waals surface area (Å²) in [5.41, 5.74) is 1.91. The summed E-state index contributed by atoms with van der Waals surface area (Å²) in [7, 11) is 0. The van der Waals surface area contributed by atoms with Crippen molar-refractivity contribution < 1.29 is 4.79 Å². The van der Waals surface area contributed by atoms with Gasteiger partial charge in [0.05, 0.1) is 5.69 Å². The van der Waals surface area contributed by atoms with Gasteiger partial charge in [0.2, 0.25) is 5.91 Å². The maximum Gasteiger partial charge on any atom is 0.267 e. The lowest BCUT2D eigenvalue weighted by molar-refractivity contribution is -0.124. The van der Waals surface area contributed by atoms with Gasteiger partial charge in [-0.05, 0) is 36.8 Å². The highest BCUT2D eigenvalue weighted by Gasteiger charge is 2.17. The van der Waals surface area contributed by atoms with Crippen molar-refractivity contribution >= 4 is 5.91 Å². The van der Waals surface area contributed by atoms with E-state index in [0.717, 1.165) is 11.1 Å². The molecule has 3 aromatic heterocycles. The SMILES string of the molecule is CC(C(=O)NCc1cccnc1)n1nc(-c2cccnc2)ccc1=O. The van der Waals surface area contributed by atoms with Crippen molar-refractivity contribution in [3.05, 3.63) is 77.1 Å². The van der Waals surface area contributed by atoms with Gasteiger partial charge in [-0.15, -0.1) is 0 Å². The fraction of sp³-hybridized carbons (Fsp3) is 0.167. The Hall–Kier alpha value is -3.35. The van der Waals surface area contributed by atoms with Crippen LogP contribution in [0.5, 0.6) is 0 Å². The molecule has 1 N–H and O–H groups in total. The maximum atomic E-state index is 12.4. The fourth-order valence-corrected chi connectivity index (χ4v) is 2.32. The first-order valence-electron chi connectivity index (χ1n) is 7.82. The number of amides is 1. The fourth-order valence-electron chi connectivity index (χ4n) is 2.32. The first-order valence-corrected chi connectivity index (χ1v) is 7.82. The van der Waals surface area contributed by atoms with Crippen LogP contribution < -0.4 is 10.9 Å². The monoisotopic (exact) mass is 335 g/mol. The minimum Gasteiger partial charge on any atom is -0.350 e. The minimum atomic E-state index is -0.735. The summed E-state index contributed by atoms with van der Waals surface area (Å²) in [6.07, 6.45) is 6.66. The predicted molar refractivity (Wildman–Crippen MR) is 92.5 cm³/mol. The van der Waals surface area contributed by atoms with Gasteiger partial charge in [0.25, 0.3) is 5.56 Å². The van der Waals surface area contributed by atoms with E-state index in [2.05, 4.69) is 20.4 Å². The molecule has 126 valence electrons. The summed E-state index contributed by atoms with van der Waals surface area (Å²) >= 11 is 0. The van der Waals surface area contributed by atoms with Gasteiger partial charge >= 0.3 is 0 Å². The quantitative estimate of drug-likeness (QED) is 0.764. The zero-order valence-corrected chi connectivity index (χ0v) is 13.7. The van der Waals surface area contributed by atoms with Crippen molar-refractivity contribution in [1.29, 1.82) is 0 Å². The van der Waals surface area contributed by atoms with Crippen LogP contribution in [-0.4, -0.2) is 25.7 Å². The average Bonchev–Trinajstić information content (AvgIpc) is 2.67. The van der Waals surface area contributed by atoms with Gasteiger partial charge in [-0.3, -0.25) is 19.6 Å². The summed E-state index contributed by atoms with van der Waals surface area (Å²) in [4.78, 5) is 32.5. The number of carbonyl (C=O) groups is 1.